The van der Waals surface area contributed by atoms with Crippen molar-refractivity contribution in [1.29, 1.82) is 0 Å². The summed E-state index contributed by atoms with van der Waals surface area (Å²) < 4.78 is 0. The number of aliphatic hydroxyl groups is 1. The SMILES string of the molecule is CC(NC(=O)NCC(CO)Cc1ccccn1)c1ccncc1. The molecule has 2 amide bonds. The predicted octanol–water partition coefficient (Wildman–Crippen LogP) is 1.69. The number of aliphatic hydroxyl groups excluding tert-OH is 1. The zero-order valence-electron chi connectivity index (χ0n) is 13.1. The molecule has 2 aromatic heterocycles. The van der Waals surface area contributed by atoms with Gasteiger partial charge in [-0.1, -0.05) is 6.07 Å². The van der Waals surface area contributed by atoms with Crippen LogP contribution in [0.3, 0.4) is 0 Å². The molecule has 0 saturated carbocycles. The lowest BCUT2D eigenvalue weighted by Gasteiger charge is -2.18. The van der Waals surface area contributed by atoms with E-state index in [9.17, 15) is 9.90 Å². The molecular formula is C17H22N4O2. The van der Waals surface area contributed by atoms with Gasteiger partial charge in [0.05, 0.1) is 6.04 Å². The van der Waals surface area contributed by atoms with Gasteiger partial charge < -0.3 is 15.7 Å². The first-order chi connectivity index (χ1) is 11.2. The molecule has 6 nitrogen and oxygen atoms in total. The molecule has 0 aliphatic rings. The van der Waals surface area contributed by atoms with Crippen LogP contribution >= 0.6 is 0 Å². The van der Waals surface area contributed by atoms with Crippen LogP contribution in [0.1, 0.15) is 24.2 Å². The van der Waals surface area contributed by atoms with Crippen LogP contribution in [0.4, 0.5) is 4.79 Å². The van der Waals surface area contributed by atoms with Crippen LogP contribution in [0.25, 0.3) is 0 Å². The van der Waals surface area contributed by atoms with Crippen molar-refractivity contribution >= 4 is 6.03 Å². The van der Waals surface area contributed by atoms with E-state index >= 15 is 0 Å². The zero-order chi connectivity index (χ0) is 16.5. The quantitative estimate of drug-likeness (QED) is 0.726. The van der Waals surface area contributed by atoms with Crippen LogP contribution < -0.4 is 10.6 Å². The van der Waals surface area contributed by atoms with Gasteiger partial charge in [-0.05, 0) is 43.2 Å². The molecule has 0 aliphatic heterocycles. The Labute approximate surface area is 136 Å². The Morgan fingerprint density at radius 1 is 1.22 bits per heavy atom. The molecule has 0 aromatic carbocycles. The average molecular weight is 314 g/mol. The number of pyridine rings is 2. The molecule has 0 saturated heterocycles. The van der Waals surface area contributed by atoms with Gasteiger partial charge in [0, 0.05) is 43.4 Å². The fraction of sp³-hybridized carbons (Fsp3) is 0.353. The number of amides is 2. The van der Waals surface area contributed by atoms with E-state index in [2.05, 4.69) is 20.6 Å². The number of aromatic nitrogens is 2. The van der Waals surface area contributed by atoms with E-state index in [1.165, 1.54) is 0 Å². The van der Waals surface area contributed by atoms with Gasteiger partial charge in [0.25, 0.3) is 0 Å². The molecule has 0 bridgehead atoms. The van der Waals surface area contributed by atoms with Gasteiger partial charge in [-0.25, -0.2) is 4.79 Å². The molecule has 0 fully saturated rings. The smallest absolute Gasteiger partial charge is 0.315 e. The number of hydrogen-bond donors (Lipinski definition) is 3. The van der Waals surface area contributed by atoms with Crippen LogP contribution in [-0.2, 0) is 6.42 Å². The van der Waals surface area contributed by atoms with Crippen LogP contribution in [0.5, 0.6) is 0 Å². The van der Waals surface area contributed by atoms with Gasteiger partial charge in [-0.3, -0.25) is 9.97 Å². The van der Waals surface area contributed by atoms with Crippen molar-refractivity contribution in [3.8, 4) is 0 Å². The first-order valence-corrected chi connectivity index (χ1v) is 7.64. The van der Waals surface area contributed by atoms with Gasteiger partial charge >= 0.3 is 6.03 Å². The van der Waals surface area contributed by atoms with Crippen LogP contribution in [0.2, 0.25) is 0 Å². The zero-order valence-corrected chi connectivity index (χ0v) is 13.1. The third-order valence-corrected chi connectivity index (χ3v) is 3.59. The second-order valence-corrected chi connectivity index (χ2v) is 5.43. The number of urea groups is 1. The number of carbonyl (C=O) groups is 1. The molecular weight excluding hydrogens is 292 g/mol. The third kappa shape index (κ3) is 5.67. The Kier molecular flexibility index (Phi) is 6.50. The summed E-state index contributed by atoms with van der Waals surface area (Å²) in [5.41, 5.74) is 1.89. The first-order valence-electron chi connectivity index (χ1n) is 7.64. The van der Waals surface area contributed by atoms with E-state index in [1.54, 1.807) is 18.6 Å². The van der Waals surface area contributed by atoms with Gasteiger partial charge in [-0.15, -0.1) is 0 Å². The fourth-order valence-electron chi connectivity index (χ4n) is 2.24. The normalized spacial score (nSPS) is 13.1. The average Bonchev–Trinajstić information content (AvgIpc) is 2.60. The molecule has 2 aromatic rings. The van der Waals surface area contributed by atoms with Crippen molar-refractivity contribution in [2.75, 3.05) is 13.2 Å². The molecule has 23 heavy (non-hydrogen) atoms. The summed E-state index contributed by atoms with van der Waals surface area (Å²) in [5.74, 6) is -0.0631. The third-order valence-electron chi connectivity index (χ3n) is 3.59. The minimum absolute atomic E-state index is 0.00321. The van der Waals surface area contributed by atoms with Crippen LogP contribution in [-0.4, -0.2) is 34.3 Å². The topological polar surface area (TPSA) is 87.1 Å². The minimum Gasteiger partial charge on any atom is -0.396 e. The van der Waals surface area contributed by atoms with Gasteiger partial charge in [0.1, 0.15) is 0 Å². The summed E-state index contributed by atoms with van der Waals surface area (Å²) in [6.45, 7) is 2.30. The lowest BCUT2D eigenvalue weighted by atomic mass is 10.0. The highest BCUT2D eigenvalue weighted by Gasteiger charge is 2.13. The maximum atomic E-state index is 12.0. The summed E-state index contributed by atoms with van der Waals surface area (Å²) >= 11 is 0. The van der Waals surface area contributed by atoms with Gasteiger partial charge in [0.2, 0.25) is 0 Å². The molecule has 0 spiro atoms. The summed E-state index contributed by atoms with van der Waals surface area (Å²) in [4.78, 5) is 20.2. The lowest BCUT2D eigenvalue weighted by molar-refractivity contribution is 0.212. The second kappa shape index (κ2) is 8.85. The highest BCUT2D eigenvalue weighted by atomic mass is 16.3. The van der Waals surface area contributed by atoms with E-state index in [1.807, 2.05) is 37.3 Å². The molecule has 6 heteroatoms. The largest absolute Gasteiger partial charge is 0.396 e. The molecule has 2 heterocycles. The van der Waals surface area contributed by atoms with Crippen molar-refractivity contribution < 1.29 is 9.90 Å². The van der Waals surface area contributed by atoms with E-state index in [-0.39, 0.29) is 24.6 Å². The summed E-state index contributed by atoms with van der Waals surface area (Å²) in [7, 11) is 0. The molecule has 2 unspecified atom stereocenters. The van der Waals surface area contributed by atoms with Gasteiger partial charge in [0.15, 0.2) is 0 Å². The molecule has 2 atom stereocenters. The van der Waals surface area contributed by atoms with Crippen molar-refractivity contribution in [2.45, 2.75) is 19.4 Å². The van der Waals surface area contributed by atoms with E-state index < -0.39 is 0 Å². The minimum atomic E-state index is -0.256. The highest BCUT2D eigenvalue weighted by molar-refractivity contribution is 5.74. The van der Waals surface area contributed by atoms with Crippen molar-refractivity contribution in [3.63, 3.8) is 0 Å². The monoisotopic (exact) mass is 314 g/mol. The molecule has 0 radical (unpaired) electrons. The Morgan fingerprint density at radius 2 is 2.00 bits per heavy atom. The second-order valence-electron chi connectivity index (χ2n) is 5.43. The molecule has 2 rings (SSSR count). The lowest BCUT2D eigenvalue weighted by Crippen LogP contribution is -2.40. The molecule has 3 N–H and O–H groups in total. The van der Waals surface area contributed by atoms with Crippen LogP contribution in [0, 0.1) is 5.92 Å². The standard InChI is InChI=1S/C17H22N4O2/c1-13(15-5-8-18-9-6-15)21-17(23)20-11-14(12-22)10-16-4-2-3-7-19-16/h2-9,13-14,22H,10-12H2,1H3,(H2,20,21,23). The summed E-state index contributed by atoms with van der Waals surface area (Å²) in [6.07, 6.45) is 5.73. The molecule has 0 aliphatic carbocycles. The maximum absolute atomic E-state index is 12.0. The van der Waals surface area contributed by atoms with Crippen molar-refractivity contribution in [1.82, 2.24) is 20.6 Å². The summed E-state index contributed by atoms with van der Waals surface area (Å²) in [6, 6.07) is 9.03. The van der Waals surface area contributed by atoms with Crippen LogP contribution in [0.15, 0.2) is 48.9 Å². The number of rotatable bonds is 7. The summed E-state index contributed by atoms with van der Waals surface area (Å²) in [5, 5.41) is 15.1. The Bertz CT molecular complexity index is 592. The van der Waals surface area contributed by atoms with E-state index in [0.29, 0.717) is 13.0 Å². The van der Waals surface area contributed by atoms with Crippen molar-refractivity contribution in [2.24, 2.45) is 5.92 Å². The molecule has 122 valence electrons. The number of nitrogens with one attached hydrogen (secondary N) is 2. The Hall–Kier alpha value is -2.47. The van der Waals surface area contributed by atoms with Gasteiger partial charge in [-0.2, -0.15) is 0 Å². The maximum Gasteiger partial charge on any atom is 0.315 e. The van der Waals surface area contributed by atoms with E-state index in [0.717, 1.165) is 11.3 Å². The Morgan fingerprint density at radius 3 is 2.65 bits per heavy atom. The highest BCUT2D eigenvalue weighted by Crippen LogP contribution is 2.10. The predicted molar refractivity (Wildman–Crippen MR) is 87.7 cm³/mol. The fourth-order valence-corrected chi connectivity index (χ4v) is 2.24. The number of carbonyl (C=O) groups excluding carboxylic acids is 1. The number of hydrogen-bond acceptors (Lipinski definition) is 4. The van der Waals surface area contributed by atoms with Crippen molar-refractivity contribution in [3.05, 3.63) is 60.2 Å². The van der Waals surface area contributed by atoms with E-state index in [4.69, 9.17) is 0 Å². The Balaban J connectivity index is 1.78. The first kappa shape index (κ1) is 16.9. The number of nitrogens with zero attached hydrogens (tertiary/aromatic N) is 2.